The number of rotatable bonds is 9. The average Bonchev–Trinajstić information content (AvgIpc) is 3.02. The van der Waals surface area contributed by atoms with E-state index in [0.717, 1.165) is 19.0 Å². The Bertz CT molecular complexity index is 197. The van der Waals surface area contributed by atoms with Crippen LogP contribution in [0.5, 0.6) is 0 Å². The number of nitrogens with one attached hydrogen (secondary N) is 1. The third-order valence-electron chi connectivity index (χ3n) is 2.82. The highest BCUT2D eigenvalue weighted by atomic mass is 16.5. The van der Waals surface area contributed by atoms with Crippen LogP contribution in [0.1, 0.15) is 53.4 Å². The normalized spacial score (nSPS) is 18.4. The first-order chi connectivity index (χ1) is 7.97. The molecular formula is C14H29NO2. The number of hydrogen-bond donors (Lipinski definition) is 1. The van der Waals surface area contributed by atoms with E-state index < -0.39 is 0 Å². The minimum atomic E-state index is -0.0548. The molecule has 0 bridgehead atoms. The van der Waals surface area contributed by atoms with Crippen molar-refractivity contribution in [1.29, 1.82) is 0 Å². The average molecular weight is 243 g/mol. The van der Waals surface area contributed by atoms with Crippen LogP contribution >= 0.6 is 0 Å². The van der Waals surface area contributed by atoms with Crippen molar-refractivity contribution in [2.24, 2.45) is 0 Å². The zero-order valence-electron chi connectivity index (χ0n) is 11.9. The lowest BCUT2D eigenvalue weighted by Gasteiger charge is -2.20. The van der Waals surface area contributed by atoms with E-state index in [1.54, 1.807) is 0 Å². The Hall–Kier alpha value is -0.120. The summed E-state index contributed by atoms with van der Waals surface area (Å²) in [6, 6.07) is 0.825. The lowest BCUT2D eigenvalue weighted by atomic mass is 10.2. The Morgan fingerprint density at radius 3 is 2.53 bits per heavy atom. The lowest BCUT2D eigenvalue weighted by molar-refractivity contribution is -0.0497. The van der Waals surface area contributed by atoms with Crippen LogP contribution in [0.15, 0.2) is 0 Å². The Balaban J connectivity index is 1.84. The van der Waals surface area contributed by atoms with Crippen LogP contribution in [0.3, 0.4) is 0 Å². The third-order valence-corrected chi connectivity index (χ3v) is 2.82. The molecule has 1 aliphatic carbocycles. The van der Waals surface area contributed by atoms with E-state index in [0.29, 0.717) is 19.3 Å². The summed E-state index contributed by atoms with van der Waals surface area (Å²) >= 11 is 0. The van der Waals surface area contributed by atoms with E-state index in [-0.39, 0.29) is 5.60 Å². The summed E-state index contributed by atoms with van der Waals surface area (Å²) in [5.41, 5.74) is -0.0548. The van der Waals surface area contributed by atoms with Gasteiger partial charge in [0.2, 0.25) is 0 Å². The zero-order valence-corrected chi connectivity index (χ0v) is 11.9. The predicted molar refractivity (Wildman–Crippen MR) is 71.4 cm³/mol. The second-order valence-electron chi connectivity index (χ2n) is 6.01. The van der Waals surface area contributed by atoms with Gasteiger partial charge in [-0.1, -0.05) is 0 Å². The summed E-state index contributed by atoms with van der Waals surface area (Å²) in [6.07, 6.45) is 5.43. The molecule has 0 aromatic rings. The Kier molecular flexibility index (Phi) is 6.45. The SMILES string of the molecule is CC(CCCNC1CC1)OCCOC(C)(C)C. The van der Waals surface area contributed by atoms with Crippen LogP contribution < -0.4 is 5.32 Å². The van der Waals surface area contributed by atoms with Gasteiger partial charge in [-0.05, 0) is 59.9 Å². The van der Waals surface area contributed by atoms with Gasteiger partial charge in [0.05, 0.1) is 24.9 Å². The fraction of sp³-hybridized carbons (Fsp3) is 1.00. The van der Waals surface area contributed by atoms with Crippen LogP contribution in [0.4, 0.5) is 0 Å². The van der Waals surface area contributed by atoms with Crippen LogP contribution in [0.25, 0.3) is 0 Å². The van der Waals surface area contributed by atoms with E-state index in [1.165, 1.54) is 19.3 Å². The van der Waals surface area contributed by atoms with Gasteiger partial charge in [0.25, 0.3) is 0 Å². The van der Waals surface area contributed by atoms with Crippen LogP contribution in [-0.4, -0.2) is 37.5 Å². The van der Waals surface area contributed by atoms with Crippen molar-refractivity contribution in [1.82, 2.24) is 5.32 Å². The summed E-state index contributed by atoms with van der Waals surface area (Å²) in [7, 11) is 0. The molecule has 17 heavy (non-hydrogen) atoms. The van der Waals surface area contributed by atoms with Crippen LogP contribution in [-0.2, 0) is 9.47 Å². The zero-order chi connectivity index (χ0) is 12.7. The van der Waals surface area contributed by atoms with Crippen molar-refractivity contribution in [3.63, 3.8) is 0 Å². The fourth-order valence-corrected chi connectivity index (χ4v) is 1.66. The second-order valence-corrected chi connectivity index (χ2v) is 6.01. The van der Waals surface area contributed by atoms with Gasteiger partial charge in [-0.25, -0.2) is 0 Å². The third kappa shape index (κ3) is 9.57. The molecule has 1 saturated carbocycles. The molecule has 1 atom stereocenters. The first-order valence-corrected chi connectivity index (χ1v) is 6.96. The molecule has 0 saturated heterocycles. The van der Waals surface area contributed by atoms with Crippen LogP contribution in [0.2, 0.25) is 0 Å². The standard InChI is InChI=1S/C14H29NO2/c1-12(6-5-9-15-13-7-8-13)16-10-11-17-14(2,3)4/h12-13,15H,5-11H2,1-4H3. The monoisotopic (exact) mass is 243 g/mol. The van der Waals surface area contributed by atoms with Crippen molar-refractivity contribution < 1.29 is 9.47 Å². The molecule has 0 aliphatic heterocycles. The molecule has 0 amide bonds. The van der Waals surface area contributed by atoms with Gasteiger partial charge in [0.15, 0.2) is 0 Å². The summed E-state index contributed by atoms with van der Waals surface area (Å²) in [5, 5.41) is 3.52. The van der Waals surface area contributed by atoms with Gasteiger partial charge in [0, 0.05) is 6.04 Å². The van der Waals surface area contributed by atoms with E-state index >= 15 is 0 Å². The quantitative estimate of drug-likeness (QED) is 0.632. The van der Waals surface area contributed by atoms with Crippen molar-refractivity contribution in [3.05, 3.63) is 0 Å². The molecule has 0 aromatic heterocycles. The molecule has 3 heteroatoms. The molecule has 1 N–H and O–H groups in total. The summed E-state index contributed by atoms with van der Waals surface area (Å²) < 4.78 is 11.3. The maximum Gasteiger partial charge on any atom is 0.0707 e. The first-order valence-electron chi connectivity index (χ1n) is 6.96. The van der Waals surface area contributed by atoms with Gasteiger partial charge in [-0.2, -0.15) is 0 Å². The van der Waals surface area contributed by atoms with Crippen LogP contribution in [0, 0.1) is 0 Å². The van der Waals surface area contributed by atoms with Gasteiger partial charge >= 0.3 is 0 Å². The van der Waals surface area contributed by atoms with E-state index in [2.05, 4.69) is 33.0 Å². The van der Waals surface area contributed by atoms with Gasteiger partial charge < -0.3 is 14.8 Å². The van der Waals surface area contributed by atoms with Gasteiger partial charge in [0.1, 0.15) is 0 Å². The predicted octanol–water partition coefficient (Wildman–Crippen LogP) is 2.74. The molecule has 1 rings (SSSR count). The molecule has 0 aromatic carbocycles. The summed E-state index contributed by atoms with van der Waals surface area (Å²) in [6.45, 7) is 10.9. The topological polar surface area (TPSA) is 30.5 Å². The maximum atomic E-state index is 5.71. The molecule has 3 nitrogen and oxygen atoms in total. The molecule has 0 radical (unpaired) electrons. The minimum Gasteiger partial charge on any atom is -0.376 e. The van der Waals surface area contributed by atoms with E-state index in [4.69, 9.17) is 9.47 Å². The van der Waals surface area contributed by atoms with E-state index in [9.17, 15) is 0 Å². The van der Waals surface area contributed by atoms with Crippen molar-refractivity contribution in [2.45, 2.75) is 71.1 Å². The first kappa shape index (κ1) is 14.9. The summed E-state index contributed by atoms with van der Waals surface area (Å²) in [4.78, 5) is 0. The molecule has 1 aliphatic rings. The number of hydrogen-bond acceptors (Lipinski definition) is 3. The minimum absolute atomic E-state index is 0.0548. The molecule has 102 valence electrons. The highest BCUT2D eigenvalue weighted by Gasteiger charge is 2.19. The lowest BCUT2D eigenvalue weighted by Crippen LogP contribution is -2.23. The van der Waals surface area contributed by atoms with Crippen molar-refractivity contribution >= 4 is 0 Å². The molecule has 0 spiro atoms. The second kappa shape index (κ2) is 7.34. The molecular weight excluding hydrogens is 214 g/mol. The smallest absolute Gasteiger partial charge is 0.0707 e. The van der Waals surface area contributed by atoms with Gasteiger partial charge in [-0.15, -0.1) is 0 Å². The van der Waals surface area contributed by atoms with Crippen molar-refractivity contribution in [3.8, 4) is 0 Å². The number of ether oxygens (including phenoxy) is 2. The molecule has 1 unspecified atom stereocenters. The maximum absolute atomic E-state index is 5.71. The highest BCUT2D eigenvalue weighted by molar-refractivity contribution is 4.80. The Morgan fingerprint density at radius 1 is 1.24 bits per heavy atom. The van der Waals surface area contributed by atoms with Gasteiger partial charge in [-0.3, -0.25) is 0 Å². The largest absolute Gasteiger partial charge is 0.376 e. The van der Waals surface area contributed by atoms with Crippen molar-refractivity contribution in [2.75, 3.05) is 19.8 Å². The van der Waals surface area contributed by atoms with E-state index in [1.807, 2.05) is 0 Å². The fourth-order valence-electron chi connectivity index (χ4n) is 1.66. The molecule has 0 heterocycles. The molecule has 1 fully saturated rings. The summed E-state index contributed by atoms with van der Waals surface area (Å²) in [5.74, 6) is 0. The Morgan fingerprint density at radius 2 is 1.94 bits per heavy atom. The Labute approximate surface area is 106 Å². The highest BCUT2D eigenvalue weighted by Crippen LogP contribution is 2.18.